The van der Waals surface area contributed by atoms with Crippen molar-refractivity contribution < 1.29 is 4.74 Å². The van der Waals surface area contributed by atoms with Gasteiger partial charge >= 0.3 is 0 Å². The van der Waals surface area contributed by atoms with Crippen molar-refractivity contribution in [2.24, 2.45) is 5.73 Å². The van der Waals surface area contributed by atoms with E-state index >= 15 is 0 Å². The number of ether oxygens (including phenoxy) is 1. The second kappa shape index (κ2) is 5.48. The lowest BCUT2D eigenvalue weighted by Crippen LogP contribution is -2.58. The molecular formula is C13H26N2O. The van der Waals surface area contributed by atoms with Crippen molar-refractivity contribution in [1.82, 2.24) is 4.90 Å². The second-order valence-electron chi connectivity index (χ2n) is 5.44. The summed E-state index contributed by atoms with van der Waals surface area (Å²) < 4.78 is 5.48. The molecule has 3 heteroatoms. The zero-order valence-electron chi connectivity index (χ0n) is 10.6. The van der Waals surface area contributed by atoms with Gasteiger partial charge in [0.2, 0.25) is 0 Å². The molecule has 0 aromatic heterocycles. The van der Waals surface area contributed by atoms with E-state index in [0.29, 0.717) is 0 Å². The Kier molecular flexibility index (Phi) is 4.22. The topological polar surface area (TPSA) is 38.5 Å². The van der Waals surface area contributed by atoms with E-state index in [9.17, 15) is 0 Å². The summed E-state index contributed by atoms with van der Waals surface area (Å²) in [7, 11) is 2.29. The molecule has 0 aromatic rings. The van der Waals surface area contributed by atoms with Gasteiger partial charge in [-0.2, -0.15) is 0 Å². The van der Waals surface area contributed by atoms with E-state index in [1.54, 1.807) is 0 Å². The van der Waals surface area contributed by atoms with Gasteiger partial charge in [0.15, 0.2) is 0 Å². The third-order valence-electron chi connectivity index (χ3n) is 4.67. The molecule has 1 saturated heterocycles. The van der Waals surface area contributed by atoms with Gasteiger partial charge in [-0.15, -0.1) is 0 Å². The maximum Gasteiger partial charge on any atom is 0.0484 e. The Bertz CT molecular complexity index is 208. The third-order valence-corrected chi connectivity index (χ3v) is 4.67. The first kappa shape index (κ1) is 12.3. The van der Waals surface area contributed by atoms with Gasteiger partial charge in [-0.25, -0.2) is 0 Å². The van der Waals surface area contributed by atoms with Gasteiger partial charge in [0.1, 0.15) is 0 Å². The van der Waals surface area contributed by atoms with Gasteiger partial charge in [0.05, 0.1) is 0 Å². The minimum absolute atomic E-state index is 0.222. The number of rotatable bonds is 3. The molecule has 1 saturated carbocycles. The Labute approximate surface area is 99.3 Å². The predicted octanol–water partition coefficient (Wildman–Crippen LogP) is 1.76. The van der Waals surface area contributed by atoms with Crippen LogP contribution >= 0.6 is 0 Å². The third kappa shape index (κ3) is 2.41. The highest BCUT2D eigenvalue weighted by molar-refractivity contribution is 4.95. The van der Waals surface area contributed by atoms with Gasteiger partial charge in [-0.3, -0.25) is 4.90 Å². The van der Waals surface area contributed by atoms with Gasteiger partial charge in [-0.05, 0) is 32.7 Å². The zero-order valence-corrected chi connectivity index (χ0v) is 10.6. The van der Waals surface area contributed by atoms with Crippen molar-refractivity contribution in [3.8, 4) is 0 Å². The summed E-state index contributed by atoms with van der Waals surface area (Å²) in [5.74, 6) is 0. The Morgan fingerprint density at radius 1 is 1.19 bits per heavy atom. The molecule has 3 nitrogen and oxygen atoms in total. The van der Waals surface area contributed by atoms with Crippen LogP contribution in [0.1, 0.15) is 44.9 Å². The summed E-state index contributed by atoms with van der Waals surface area (Å²) in [5, 5.41) is 0. The Balaban J connectivity index is 2.00. The zero-order chi connectivity index (χ0) is 11.4. The molecule has 2 fully saturated rings. The molecule has 2 aliphatic rings. The van der Waals surface area contributed by atoms with E-state index in [4.69, 9.17) is 10.5 Å². The Hall–Kier alpha value is -0.120. The first-order valence-electron chi connectivity index (χ1n) is 6.79. The highest BCUT2D eigenvalue weighted by Gasteiger charge is 2.38. The fraction of sp³-hybridized carbons (Fsp3) is 1.00. The number of likely N-dealkylation sites (N-methyl/N-ethyl adjacent to an activating group) is 1. The molecule has 0 aromatic carbocycles. The summed E-state index contributed by atoms with van der Waals surface area (Å²) in [6.07, 6.45) is 9.15. The van der Waals surface area contributed by atoms with E-state index < -0.39 is 0 Å². The minimum Gasteiger partial charge on any atom is -0.381 e. The lowest BCUT2D eigenvalue weighted by Gasteiger charge is -2.48. The van der Waals surface area contributed by atoms with E-state index in [0.717, 1.165) is 38.6 Å². The molecule has 0 atom stereocenters. The average Bonchev–Trinajstić information content (AvgIpc) is 2.39. The maximum absolute atomic E-state index is 6.05. The molecule has 1 heterocycles. The van der Waals surface area contributed by atoms with Crippen LogP contribution in [0, 0.1) is 0 Å². The molecule has 2 rings (SSSR count). The largest absolute Gasteiger partial charge is 0.381 e. The number of nitrogens with two attached hydrogens (primary N) is 1. The van der Waals surface area contributed by atoms with Gasteiger partial charge < -0.3 is 10.5 Å². The monoisotopic (exact) mass is 226 g/mol. The lowest BCUT2D eigenvalue weighted by molar-refractivity contribution is -0.0365. The minimum atomic E-state index is 0.222. The quantitative estimate of drug-likeness (QED) is 0.797. The van der Waals surface area contributed by atoms with E-state index in [1.807, 2.05) is 0 Å². The molecule has 1 aliphatic heterocycles. The van der Waals surface area contributed by atoms with Crippen molar-refractivity contribution >= 4 is 0 Å². The summed E-state index contributed by atoms with van der Waals surface area (Å²) in [4.78, 5) is 2.59. The molecule has 0 bridgehead atoms. The molecular weight excluding hydrogens is 200 g/mol. The molecule has 0 amide bonds. The van der Waals surface area contributed by atoms with Crippen LogP contribution in [0.5, 0.6) is 0 Å². The molecule has 16 heavy (non-hydrogen) atoms. The highest BCUT2D eigenvalue weighted by Crippen LogP contribution is 2.32. The van der Waals surface area contributed by atoms with Crippen LogP contribution in [0.15, 0.2) is 0 Å². The van der Waals surface area contributed by atoms with Crippen LogP contribution < -0.4 is 5.73 Å². The molecule has 2 N–H and O–H groups in total. The fourth-order valence-corrected chi connectivity index (χ4v) is 3.31. The van der Waals surface area contributed by atoms with E-state index in [-0.39, 0.29) is 5.54 Å². The first-order chi connectivity index (χ1) is 7.78. The first-order valence-corrected chi connectivity index (χ1v) is 6.79. The lowest BCUT2D eigenvalue weighted by atomic mass is 9.84. The number of hydrogen-bond acceptors (Lipinski definition) is 3. The van der Waals surface area contributed by atoms with Crippen LogP contribution in [-0.4, -0.2) is 43.3 Å². The normalized spacial score (nSPS) is 27.2. The molecule has 0 radical (unpaired) electrons. The molecule has 94 valence electrons. The summed E-state index contributed by atoms with van der Waals surface area (Å²) >= 11 is 0. The maximum atomic E-state index is 6.05. The smallest absolute Gasteiger partial charge is 0.0484 e. The van der Waals surface area contributed by atoms with Crippen LogP contribution in [0.2, 0.25) is 0 Å². The molecule has 0 unspecified atom stereocenters. The summed E-state index contributed by atoms with van der Waals surface area (Å²) in [6, 6.07) is 0.760. The average molecular weight is 226 g/mol. The van der Waals surface area contributed by atoms with Gasteiger partial charge in [-0.1, -0.05) is 19.3 Å². The Morgan fingerprint density at radius 2 is 1.81 bits per heavy atom. The van der Waals surface area contributed by atoms with Gasteiger partial charge in [0.25, 0.3) is 0 Å². The Morgan fingerprint density at radius 3 is 2.38 bits per heavy atom. The summed E-state index contributed by atoms with van der Waals surface area (Å²) in [6.45, 7) is 2.55. The molecule has 0 spiro atoms. The van der Waals surface area contributed by atoms with Crippen LogP contribution in [-0.2, 0) is 4.74 Å². The number of hydrogen-bond donors (Lipinski definition) is 1. The number of nitrogens with zero attached hydrogens (tertiary/aromatic N) is 1. The molecule has 1 aliphatic carbocycles. The SMILES string of the molecule is CN(C1CCCCC1)C1(CN)CCOCC1. The van der Waals surface area contributed by atoms with Crippen LogP contribution in [0.3, 0.4) is 0 Å². The van der Waals surface area contributed by atoms with Crippen LogP contribution in [0.4, 0.5) is 0 Å². The summed E-state index contributed by atoms with van der Waals surface area (Å²) in [5.41, 5.74) is 6.27. The standard InChI is InChI=1S/C13H26N2O/c1-15(12-5-3-2-4-6-12)13(11-14)7-9-16-10-8-13/h12H,2-11,14H2,1H3. The van der Waals surface area contributed by atoms with Crippen molar-refractivity contribution in [2.45, 2.75) is 56.5 Å². The van der Waals surface area contributed by atoms with Crippen molar-refractivity contribution in [1.29, 1.82) is 0 Å². The predicted molar refractivity (Wildman–Crippen MR) is 66.5 cm³/mol. The highest BCUT2D eigenvalue weighted by atomic mass is 16.5. The van der Waals surface area contributed by atoms with Crippen molar-refractivity contribution in [3.05, 3.63) is 0 Å². The second-order valence-corrected chi connectivity index (χ2v) is 5.44. The van der Waals surface area contributed by atoms with Gasteiger partial charge in [0, 0.05) is 31.3 Å². The fourth-order valence-electron chi connectivity index (χ4n) is 3.31. The van der Waals surface area contributed by atoms with Crippen LogP contribution in [0.25, 0.3) is 0 Å². The van der Waals surface area contributed by atoms with E-state index in [2.05, 4.69) is 11.9 Å². The van der Waals surface area contributed by atoms with E-state index in [1.165, 1.54) is 32.1 Å². The van der Waals surface area contributed by atoms with Crippen molar-refractivity contribution in [2.75, 3.05) is 26.8 Å². The van der Waals surface area contributed by atoms with Crippen molar-refractivity contribution in [3.63, 3.8) is 0 Å².